The van der Waals surface area contributed by atoms with E-state index in [9.17, 15) is 4.79 Å². The number of benzene rings is 1. The molecule has 0 spiro atoms. The molecule has 0 bridgehead atoms. The minimum Gasteiger partial charge on any atom is -0.497 e. The summed E-state index contributed by atoms with van der Waals surface area (Å²) in [5.74, 6) is 0.726. The first-order chi connectivity index (χ1) is 9.22. The van der Waals surface area contributed by atoms with Crippen LogP contribution in [0.1, 0.15) is 0 Å². The molecule has 2 rings (SSSR count). The summed E-state index contributed by atoms with van der Waals surface area (Å²) in [5, 5.41) is 0. The summed E-state index contributed by atoms with van der Waals surface area (Å²) < 4.78 is 10.3. The van der Waals surface area contributed by atoms with Crippen molar-refractivity contribution >= 4 is 11.6 Å². The Bertz CT molecular complexity index is 493. The molecule has 1 aromatic rings. The first-order valence-corrected chi connectivity index (χ1v) is 6.02. The lowest BCUT2D eigenvalue weighted by atomic mass is 9.96. The molecule has 4 heteroatoms. The average molecular weight is 259 g/mol. The number of carbonyl (C=O) groups excluding carboxylic acids is 1. The van der Waals surface area contributed by atoms with Crippen molar-refractivity contribution in [1.29, 1.82) is 0 Å². The van der Waals surface area contributed by atoms with Crippen LogP contribution in [0.4, 0.5) is 5.69 Å². The van der Waals surface area contributed by atoms with Gasteiger partial charge in [-0.15, -0.1) is 0 Å². The number of rotatable bonds is 5. The number of methoxy groups -OCH3 is 2. The number of amides is 1. The summed E-state index contributed by atoms with van der Waals surface area (Å²) in [7, 11) is 3.16. The smallest absolute Gasteiger partial charge is 0.259 e. The van der Waals surface area contributed by atoms with Crippen molar-refractivity contribution in [3.63, 3.8) is 0 Å². The van der Waals surface area contributed by atoms with Gasteiger partial charge in [-0.1, -0.05) is 24.8 Å². The van der Waals surface area contributed by atoms with Crippen LogP contribution in [-0.2, 0) is 9.53 Å². The Balaban J connectivity index is 2.23. The second-order valence-electron chi connectivity index (χ2n) is 4.17. The summed E-state index contributed by atoms with van der Waals surface area (Å²) >= 11 is 0. The highest BCUT2D eigenvalue weighted by molar-refractivity contribution is 6.05. The second kappa shape index (κ2) is 5.71. The molecule has 1 saturated heterocycles. The van der Waals surface area contributed by atoms with E-state index in [-0.39, 0.29) is 11.9 Å². The van der Waals surface area contributed by atoms with Gasteiger partial charge in [-0.25, -0.2) is 0 Å². The zero-order valence-electron chi connectivity index (χ0n) is 11.1. The highest BCUT2D eigenvalue weighted by atomic mass is 16.5. The molecule has 0 unspecified atom stereocenters. The largest absolute Gasteiger partial charge is 0.497 e. The van der Waals surface area contributed by atoms with E-state index >= 15 is 0 Å². The molecule has 0 N–H and O–H groups in total. The third kappa shape index (κ3) is 2.39. The van der Waals surface area contributed by atoms with Crippen LogP contribution < -0.4 is 9.64 Å². The van der Waals surface area contributed by atoms with Crippen molar-refractivity contribution in [2.24, 2.45) is 0 Å². The van der Waals surface area contributed by atoms with E-state index in [2.05, 4.69) is 6.58 Å². The fourth-order valence-electron chi connectivity index (χ4n) is 2.15. The van der Waals surface area contributed by atoms with E-state index in [1.54, 1.807) is 25.2 Å². The molecule has 4 nitrogen and oxygen atoms in total. The Morgan fingerprint density at radius 1 is 1.26 bits per heavy atom. The van der Waals surface area contributed by atoms with E-state index in [1.807, 2.05) is 36.4 Å². The normalized spacial score (nSPS) is 22.4. The van der Waals surface area contributed by atoms with Crippen LogP contribution in [0.15, 0.2) is 49.1 Å². The molecule has 1 aliphatic rings. The molecule has 1 heterocycles. The minimum atomic E-state index is -0.418. The summed E-state index contributed by atoms with van der Waals surface area (Å²) in [4.78, 5) is 13.7. The van der Waals surface area contributed by atoms with Crippen molar-refractivity contribution in [2.45, 2.75) is 12.1 Å². The van der Waals surface area contributed by atoms with Gasteiger partial charge in [-0.3, -0.25) is 9.69 Å². The monoisotopic (exact) mass is 259 g/mol. The van der Waals surface area contributed by atoms with Crippen LogP contribution in [-0.4, -0.2) is 32.3 Å². The summed E-state index contributed by atoms with van der Waals surface area (Å²) in [6, 6.07) is 7.28. The minimum absolute atomic E-state index is 0.0358. The number of ether oxygens (including phenoxy) is 2. The molecule has 1 fully saturated rings. The van der Waals surface area contributed by atoms with Gasteiger partial charge in [-0.05, 0) is 24.3 Å². The maximum atomic E-state index is 12.0. The van der Waals surface area contributed by atoms with Crippen molar-refractivity contribution in [1.82, 2.24) is 0 Å². The Morgan fingerprint density at radius 3 is 2.47 bits per heavy atom. The Labute approximate surface area is 112 Å². The van der Waals surface area contributed by atoms with E-state index in [0.717, 1.165) is 11.4 Å². The fraction of sp³-hybridized carbons (Fsp3) is 0.267. The van der Waals surface area contributed by atoms with Crippen LogP contribution in [0.25, 0.3) is 0 Å². The lowest BCUT2D eigenvalue weighted by Crippen LogP contribution is -2.65. The van der Waals surface area contributed by atoms with Crippen LogP contribution in [0.2, 0.25) is 0 Å². The van der Waals surface area contributed by atoms with Crippen LogP contribution in [0.5, 0.6) is 5.75 Å². The molecule has 1 aliphatic heterocycles. The molecule has 0 saturated carbocycles. The van der Waals surface area contributed by atoms with Gasteiger partial charge in [0.25, 0.3) is 5.91 Å². The molecule has 1 aromatic carbocycles. The van der Waals surface area contributed by atoms with E-state index < -0.39 is 6.10 Å². The molecule has 19 heavy (non-hydrogen) atoms. The predicted octanol–water partition coefficient (Wildman–Crippen LogP) is 2.17. The highest BCUT2D eigenvalue weighted by Gasteiger charge is 2.46. The van der Waals surface area contributed by atoms with E-state index in [0.29, 0.717) is 0 Å². The average Bonchev–Trinajstić information content (AvgIpc) is 2.44. The standard InChI is InChI=1S/C15H17NO3/c1-4-5-6-13-14(19-3)15(17)16(13)11-7-9-12(18-2)10-8-11/h4-10,13-14H,1H2,2-3H3/b6-5+/t13-,14+/m0/s1. The number of hydrogen-bond acceptors (Lipinski definition) is 3. The van der Waals surface area contributed by atoms with Crippen molar-refractivity contribution < 1.29 is 14.3 Å². The van der Waals surface area contributed by atoms with Crippen LogP contribution in [0.3, 0.4) is 0 Å². The fourth-order valence-corrected chi connectivity index (χ4v) is 2.15. The van der Waals surface area contributed by atoms with Gasteiger partial charge in [0.15, 0.2) is 6.10 Å². The lowest BCUT2D eigenvalue weighted by Gasteiger charge is -2.44. The topological polar surface area (TPSA) is 38.8 Å². The number of β-lactam (4-membered cyclic amide) rings is 1. The number of nitrogens with zero attached hydrogens (tertiary/aromatic N) is 1. The van der Waals surface area contributed by atoms with Gasteiger partial charge in [0.05, 0.1) is 13.2 Å². The molecule has 2 atom stereocenters. The van der Waals surface area contributed by atoms with Crippen LogP contribution >= 0.6 is 0 Å². The van der Waals surface area contributed by atoms with Gasteiger partial charge in [0.1, 0.15) is 5.75 Å². The molecular weight excluding hydrogens is 242 g/mol. The summed E-state index contributed by atoms with van der Waals surface area (Å²) in [6.07, 6.45) is 4.99. The Morgan fingerprint density at radius 2 is 1.95 bits per heavy atom. The second-order valence-corrected chi connectivity index (χ2v) is 4.17. The van der Waals surface area contributed by atoms with Gasteiger partial charge < -0.3 is 9.47 Å². The quantitative estimate of drug-likeness (QED) is 0.601. The SMILES string of the molecule is C=C/C=C/[C@H]1[C@@H](OC)C(=O)N1c1ccc(OC)cc1. The Hall–Kier alpha value is -2.07. The maximum Gasteiger partial charge on any atom is 0.259 e. The molecule has 1 amide bonds. The number of carbonyl (C=O) groups is 1. The summed E-state index contributed by atoms with van der Waals surface area (Å²) in [5.41, 5.74) is 0.831. The third-order valence-corrected chi connectivity index (χ3v) is 3.14. The maximum absolute atomic E-state index is 12.0. The van der Waals surface area contributed by atoms with Gasteiger partial charge in [0, 0.05) is 12.8 Å². The molecule has 100 valence electrons. The van der Waals surface area contributed by atoms with Crippen molar-refractivity contribution in [3.05, 3.63) is 49.1 Å². The molecule has 0 aliphatic carbocycles. The highest BCUT2D eigenvalue weighted by Crippen LogP contribution is 2.31. The van der Waals surface area contributed by atoms with E-state index in [4.69, 9.17) is 9.47 Å². The molecular formula is C15H17NO3. The summed E-state index contributed by atoms with van der Waals surface area (Å²) in [6.45, 7) is 3.63. The van der Waals surface area contributed by atoms with Gasteiger partial charge in [-0.2, -0.15) is 0 Å². The van der Waals surface area contributed by atoms with Crippen molar-refractivity contribution in [2.75, 3.05) is 19.1 Å². The lowest BCUT2D eigenvalue weighted by molar-refractivity contribution is -0.137. The van der Waals surface area contributed by atoms with Crippen molar-refractivity contribution in [3.8, 4) is 5.75 Å². The molecule has 0 radical (unpaired) electrons. The first-order valence-electron chi connectivity index (χ1n) is 6.02. The third-order valence-electron chi connectivity index (χ3n) is 3.14. The van der Waals surface area contributed by atoms with Gasteiger partial charge >= 0.3 is 0 Å². The zero-order valence-corrected chi connectivity index (χ0v) is 11.1. The number of hydrogen-bond donors (Lipinski definition) is 0. The Kier molecular flexibility index (Phi) is 4.02. The van der Waals surface area contributed by atoms with Gasteiger partial charge in [0.2, 0.25) is 0 Å². The molecule has 0 aromatic heterocycles. The van der Waals surface area contributed by atoms with E-state index in [1.165, 1.54) is 0 Å². The zero-order chi connectivity index (χ0) is 13.8. The first kappa shape index (κ1) is 13.4. The number of allylic oxidation sites excluding steroid dienone is 2. The number of anilines is 1. The van der Waals surface area contributed by atoms with Crippen LogP contribution in [0, 0.1) is 0 Å². The predicted molar refractivity (Wildman–Crippen MR) is 74.4 cm³/mol.